The van der Waals surface area contributed by atoms with Crippen molar-refractivity contribution in [3.8, 4) is 23.0 Å². The Morgan fingerprint density at radius 2 is 1.63 bits per heavy atom. The van der Waals surface area contributed by atoms with Crippen molar-refractivity contribution in [1.29, 1.82) is 0 Å². The number of ether oxygens (including phenoxy) is 6. The fraction of sp³-hybridized carbons (Fsp3) is 0.310. The highest BCUT2D eigenvalue weighted by Gasteiger charge is 2.31. The van der Waals surface area contributed by atoms with Crippen molar-refractivity contribution in [2.45, 2.75) is 19.9 Å². The molecule has 4 rings (SSSR count). The maximum atomic E-state index is 13.8. The van der Waals surface area contributed by atoms with E-state index in [9.17, 15) is 14.4 Å². The summed E-state index contributed by atoms with van der Waals surface area (Å²) < 4.78 is 33.8. The third kappa shape index (κ3) is 6.27. The number of carbonyl (C=O) groups is 2. The van der Waals surface area contributed by atoms with Crippen LogP contribution >= 0.6 is 11.3 Å². The van der Waals surface area contributed by atoms with E-state index in [0.717, 1.165) is 0 Å². The number of rotatable bonds is 11. The zero-order valence-electron chi connectivity index (χ0n) is 23.3. The molecule has 0 fully saturated rings. The maximum absolute atomic E-state index is 13.8. The van der Waals surface area contributed by atoms with E-state index in [1.165, 1.54) is 43.4 Å². The van der Waals surface area contributed by atoms with Crippen LogP contribution in [0.15, 0.2) is 58.0 Å². The molecule has 1 atom stereocenters. The second kappa shape index (κ2) is 13.2. The molecule has 0 amide bonds. The Morgan fingerprint density at radius 1 is 0.927 bits per heavy atom. The van der Waals surface area contributed by atoms with Crippen LogP contribution < -0.4 is 33.8 Å². The third-order valence-corrected chi connectivity index (χ3v) is 7.06. The quantitative estimate of drug-likeness (QED) is 0.314. The molecule has 0 N–H and O–H groups in total. The maximum Gasteiger partial charge on any atom is 0.343 e. The van der Waals surface area contributed by atoms with Gasteiger partial charge in [0.15, 0.2) is 34.4 Å². The lowest BCUT2D eigenvalue weighted by atomic mass is 9.97. The van der Waals surface area contributed by atoms with Crippen molar-refractivity contribution >= 4 is 29.4 Å². The number of hydrogen-bond donors (Lipinski definition) is 0. The summed E-state index contributed by atoms with van der Waals surface area (Å²) in [5.41, 5.74) is 1.14. The van der Waals surface area contributed by atoms with Gasteiger partial charge in [-0.1, -0.05) is 23.5 Å². The van der Waals surface area contributed by atoms with E-state index in [-0.39, 0.29) is 17.7 Å². The minimum Gasteiger partial charge on any atom is -0.493 e. The number of nitrogens with zero attached hydrogens (tertiary/aromatic N) is 2. The van der Waals surface area contributed by atoms with Gasteiger partial charge >= 0.3 is 11.9 Å². The van der Waals surface area contributed by atoms with Crippen LogP contribution in [0, 0.1) is 0 Å². The van der Waals surface area contributed by atoms with E-state index in [1.807, 2.05) is 13.8 Å². The lowest BCUT2D eigenvalue weighted by molar-refractivity contribution is -0.143. The molecule has 3 aromatic rings. The Balaban J connectivity index is 1.81. The number of esters is 2. The van der Waals surface area contributed by atoms with Gasteiger partial charge in [0, 0.05) is 6.20 Å². The lowest BCUT2D eigenvalue weighted by Gasteiger charge is -2.23. The first kappa shape index (κ1) is 29.4. The molecule has 1 aliphatic heterocycles. The first-order valence-electron chi connectivity index (χ1n) is 12.7. The standard InChI is InChI=1S/C29H30N2O9S/c1-6-38-21-11-9-18(14-23(21)39-7-2)26-19(28(34)37-5)15-30-29-31(26)27(33)24(41-29)13-17-8-10-20(22(12-17)35-3)40-16-25(32)36-4/h8-15,26H,6-7,16H2,1-5H3/b24-13-/t26-/m0/s1. The van der Waals surface area contributed by atoms with Crippen LogP contribution in [0.1, 0.15) is 31.0 Å². The SMILES string of the molecule is CCOc1ccc([C@H]2C(C(=O)OC)=CN=c3s/c(=C\c4ccc(OCC(=O)OC)c(OC)c4)c(=O)n32)cc1OCC. The van der Waals surface area contributed by atoms with Crippen molar-refractivity contribution < 1.29 is 38.0 Å². The molecule has 0 spiro atoms. The molecule has 0 saturated carbocycles. The number of thiazole rings is 1. The first-order chi connectivity index (χ1) is 19.8. The van der Waals surface area contributed by atoms with Gasteiger partial charge < -0.3 is 28.4 Å². The van der Waals surface area contributed by atoms with E-state index < -0.39 is 18.0 Å². The number of methoxy groups -OCH3 is 3. The average Bonchev–Trinajstić information content (AvgIpc) is 3.30. The van der Waals surface area contributed by atoms with Crippen molar-refractivity contribution in [1.82, 2.24) is 4.57 Å². The monoisotopic (exact) mass is 582 g/mol. The second-order valence-electron chi connectivity index (χ2n) is 8.52. The number of fused-ring (bicyclic) bond motifs is 1. The lowest BCUT2D eigenvalue weighted by Crippen LogP contribution is -2.39. The largest absolute Gasteiger partial charge is 0.493 e. The van der Waals surface area contributed by atoms with Gasteiger partial charge in [0.2, 0.25) is 0 Å². The van der Waals surface area contributed by atoms with Crippen LogP contribution in [0.4, 0.5) is 0 Å². The Kier molecular flexibility index (Phi) is 9.45. The van der Waals surface area contributed by atoms with Crippen LogP contribution in [0.2, 0.25) is 0 Å². The number of hydrogen-bond acceptors (Lipinski definition) is 11. The fourth-order valence-electron chi connectivity index (χ4n) is 4.23. The Hall–Kier alpha value is -4.58. The highest BCUT2D eigenvalue weighted by atomic mass is 32.1. The summed E-state index contributed by atoms with van der Waals surface area (Å²) in [7, 11) is 4.02. The summed E-state index contributed by atoms with van der Waals surface area (Å²) in [4.78, 5) is 42.9. The minimum absolute atomic E-state index is 0.201. The molecule has 0 bridgehead atoms. The normalized spacial score (nSPS) is 14.3. The van der Waals surface area contributed by atoms with Crippen LogP contribution in [0.25, 0.3) is 6.08 Å². The molecular formula is C29H30N2O9S. The van der Waals surface area contributed by atoms with Crippen molar-refractivity contribution in [3.63, 3.8) is 0 Å². The summed E-state index contributed by atoms with van der Waals surface area (Å²) in [6, 6.07) is 9.54. The molecule has 2 heterocycles. The highest BCUT2D eigenvalue weighted by Crippen LogP contribution is 2.35. The molecule has 11 nitrogen and oxygen atoms in total. The molecule has 0 radical (unpaired) electrons. The molecule has 216 valence electrons. The number of benzene rings is 2. The molecule has 2 aromatic carbocycles. The first-order valence-corrected chi connectivity index (χ1v) is 13.5. The molecule has 41 heavy (non-hydrogen) atoms. The molecule has 1 aromatic heterocycles. The van der Waals surface area contributed by atoms with Gasteiger partial charge in [0.05, 0.1) is 50.7 Å². The van der Waals surface area contributed by atoms with Gasteiger partial charge in [-0.2, -0.15) is 0 Å². The zero-order valence-corrected chi connectivity index (χ0v) is 24.1. The predicted octanol–water partition coefficient (Wildman–Crippen LogP) is 2.38. The summed E-state index contributed by atoms with van der Waals surface area (Å²) in [5.74, 6) is 0.643. The second-order valence-corrected chi connectivity index (χ2v) is 9.53. The Morgan fingerprint density at radius 3 is 2.32 bits per heavy atom. The van der Waals surface area contributed by atoms with Gasteiger partial charge in [0.25, 0.3) is 5.56 Å². The van der Waals surface area contributed by atoms with E-state index >= 15 is 0 Å². The van der Waals surface area contributed by atoms with Gasteiger partial charge in [0.1, 0.15) is 0 Å². The van der Waals surface area contributed by atoms with E-state index in [4.69, 9.17) is 23.7 Å². The van der Waals surface area contributed by atoms with E-state index in [1.54, 1.807) is 42.5 Å². The molecular weight excluding hydrogens is 552 g/mol. The highest BCUT2D eigenvalue weighted by molar-refractivity contribution is 7.07. The fourth-order valence-corrected chi connectivity index (χ4v) is 5.20. The number of aromatic nitrogens is 1. The molecule has 1 aliphatic rings. The van der Waals surface area contributed by atoms with Gasteiger partial charge in [-0.3, -0.25) is 9.36 Å². The van der Waals surface area contributed by atoms with Gasteiger partial charge in [-0.25, -0.2) is 14.6 Å². The third-order valence-electron chi connectivity index (χ3n) is 6.07. The Bertz CT molecular complexity index is 1660. The number of carbonyl (C=O) groups excluding carboxylic acids is 2. The van der Waals surface area contributed by atoms with Crippen LogP contribution in [-0.4, -0.2) is 57.7 Å². The Labute approximate surface area is 239 Å². The summed E-state index contributed by atoms with van der Waals surface area (Å²) in [6.45, 7) is 4.31. The van der Waals surface area contributed by atoms with Crippen molar-refractivity contribution in [3.05, 3.63) is 79.0 Å². The average molecular weight is 583 g/mol. The predicted molar refractivity (Wildman–Crippen MR) is 150 cm³/mol. The van der Waals surface area contributed by atoms with E-state index in [0.29, 0.717) is 56.7 Å². The molecule has 0 unspecified atom stereocenters. The summed E-state index contributed by atoms with van der Waals surface area (Å²) in [6.07, 6.45) is 3.12. The van der Waals surface area contributed by atoms with Crippen LogP contribution in [0.5, 0.6) is 23.0 Å². The van der Waals surface area contributed by atoms with Crippen LogP contribution in [0.3, 0.4) is 0 Å². The van der Waals surface area contributed by atoms with Crippen molar-refractivity contribution in [2.24, 2.45) is 4.99 Å². The summed E-state index contributed by atoms with van der Waals surface area (Å²) in [5, 5.41) is 0. The molecule has 0 saturated heterocycles. The topological polar surface area (TPSA) is 124 Å². The van der Waals surface area contributed by atoms with Gasteiger partial charge in [-0.05, 0) is 55.3 Å². The molecule has 12 heteroatoms. The van der Waals surface area contributed by atoms with Crippen LogP contribution in [-0.2, 0) is 19.1 Å². The minimum atomic E-state index is -0.806. The smallest absolute Gasteiger partial charge is 0.343 e. The van der Waals surface area contributed by atoms with Crippen molar-refractivity contribution in [2.75, 3.05) is 41.2 Å². The van der Waals surface area contributed by atoms with Gasteiger partial charge in [-0.15, -0.1) is 0 Å². The van der Waals surface area contributed by atoms with E-state index in [2.05, 4.69) is 9.73 Å². The summed E-state index contributed by atoms with van der Waals surface area (Å²) >= 11 is 1.18. The molecule has 0 aliphatic carbocycles. The zero-order chi connectivity index (χ0) is 29.5.